The molecule has 1 fully saturated rings. The van der Waals surface area contributed by atoms with Crippen LogP contribution in [0.15, 0.2) is 30.3 Å². The van der Waals surface area contributed by atoms with Gasteiger partial charge in [-0.3, -0.25) is 9.59 Å². The summed E-state index contributed by atoms with van der Waals surface area (Å²) in [5.74, 6) is -0.166. The number of hydrogen-bond acceptors (Lipinski definition) is 5. The van der Waals surface area contributed by atoms with Gasteiger partial charge in [-0.05, 0) is 49.1 Å². The standard InChI is InChI=1S/C22H25Cl2N3O4/c1-13-3-4-16(23)9-18(13)27-6-5-14(11-27)10-26-22(29)15-7-17(24)21(19(8-15)30-2)31-12-20(25)28/h3-4,7-9,14H,5-6,10-12H2,1-2H3,(H2,25,28)(H,26,29). The molecule has 1 atom stereocenters. The van der Waals surface area contributed by atoms with Gasteiger partial charge in [-0.15, -0.1) is 0 Å². The minimum Gasteiger partial charge on any atom is -0.493 e. The second-order valence-electron chi connectivity index (χ2n) is 7.49. The Morgan fingerprint density at radius 2 is 2.03 bits per heavy atom. The molecule has 3 rings (SSSR count). The Labute approximate surface area is 191 Å². The number of anilines is 1. The van der Waals surface area contributed by atoms with Crippen LogP contribution >= 0.6 is 23.2 Å². The summed E-state index contributed by atoms with van der Waals surface area (Å²) in [6, 6.07) is 8.88. The average Bonchev–Trinajstić information content (AvgIpc) is 3.20. The molecule has 1 aliphatic rings. The number of halogens is 2. The fraction of sp³-hybridized carbons (Fsp3) is 0.364. The van der Waals surface area contributed by atoms with Crippen molar-refractivity contribution in [3.05, 3.63) is 51.5 Å². The number of rotatable bonds is 8. The quantitative estimate of drug-likeness (QED) is 0.622. The zero-order valence-electron chi connectivity index (χ0n) is 17.4. The highest BCUT2D eigenvalue weighted by molar-refractivity contribution is 6.32. The monoisotopic (exact) mass is 465 g/mol. The number of primary amides is 1. The summed E-state index contributed by atoms with van der Waals surface area (Å²) in [4.78, 5) is 25.9. The first kappa shape index (κ1) is 23.0. The first-order valence-corrected chi connectivity index (χ1v) is 10.6. The third-order valence-electron chi connectivity index (χ3n) is 5.20. The zero-order chi connectivity index (χ0) is 22.5. The molecular weight excluding hydrogens is 441 g/mol. The molecule has 0 bridgehead atoms. The van der Waals surface area contributed by atoms with Crippen molar-refractivity contribution in [3.63, 3.8) is 0 Å². The summed E-state index contributed by atoms with van der Waals surface area (Å²) < 4.78 is 10.5. The summed E-state index contributed by atoms with van der Waals surface area (Å²) >= 11 is 12.4. The number of nitrogens with zero attached hydrogens (tertiary/aromatic N) is 1. The second kappa shape index (κ2) is 10.1. The van der Waals surface area contributed by atoms with Gasteiger partial charge in [0.15, 0.2) is 18.1 Å². The first-order valence-electron chi connectivity index (χ1n) is 9.86. The predicted molar refractivity (Wildman–Crippen MR) is 122 cm³/mol. The molecule has 0 aliphatic carbocycles. The largest absolute Gasteiger partial charge is 0.493 e. The van der Waals surface area contributed by atoms with Gasteiger partial charge >= 0.3 is 0 Å². The molecule has 2 aromatic rings. The van der Waals surface area contributed by atoms with Gasteiger partial charge in [0.05, 0.1) is 12.1 Å². The lowest BCUT2D eigenvalue weighted by Crippen LogP contribution is -2.31. The predicted octanol–water partition coefficient (Wildman–Crippen LogP) is 3.43. The highest BCUT2D eigenvalue weighted by Gasteiger charge is 2.25. The van der Waals surface area contributed by atoms with E-state index in [0.29, 0.717) is 23.0 Å². The van der Waals surface area contributed by atoms with Crippen LogP contribution in [-0.2, 0) is 4.79 Å². The van der Waals surface area contributed by atoms with Gasteiger partial charge in [-0.1, -0.05) is 29.3 Å². The molecule has 1 aliphatic heterocycles. The lowest BCUT2D eigenvalue weighted by Gasteiger charge is -2.21. The van der Waals surface area contributed by atoms with E-state index in [4.69, 9.17) is 38.4 Å². The summed E-state index contributed by atoms with van der Waals surface area (Å²) in [6.07, 6.45) is 0.968. The number of amides is 2. The van der Waals surface area contributed by atoms with Gasteiger partial charge in [-0.25, -0.2) is 0 Å². The number of benzene rings is 2. The maximum absolute atomic E-state index is 12.7. The minimum absolute atomic E-state index is 0.161. The maximum Gasteiger partial charge on any atom is 0.255 e. The van der Waals surface area contributed by atoms with Gasteiger partial charge in [-0.2, -0.15) is 0 Å². The normalized spacial score (nSPS) is 15.6. The highest BCUT2D eigenvalue weighted by Crippen LogP contribution is 2.36. The van der Waals surface area contributed by atoms with Crippen molar-refractivity contribution < 1.29 is 19.1 Å². The van der Waals surface area contributed by atoms with Crippen LogP contribution in [0, 0.1) is 12.8 Å². The number of hydrogen-bond donors (Lipinski definition) is 2. The van der Waals surface area contributed by atoms with E-state index in [2.05, 4.69) is 17.1 Å². The summed E-state index contributed by atoms with van der Waals surface area (Å²) in [5.41, 5.74) is 7.75. The summed E-state index contributed by atoms with van der Waals surface area (Å²) in [7, 11) is 1.43. The lowest BCUT2D eigenvalue weighted by atomic mass is 10.1. The van der Waals surface area contributed by atoms with E-state index in [9.17, 15) is 9.59 Å². The SMILES string of the molecule is COc1cc(C(=O)NCC2CCN(c3cc(Cl)ccc3C)C2)cc(Cl)c1OCC(N)=O. The van der Waals surface area contributed by atoms with Crippen LogP contribution in [0.1, 0.15) is 22.3 Å². The highest BCUT2D eigenvalue weighted by atomic mass is 35.5. The number of nitrogens with two attached hydrogens (primary N) is 1. The van der Waals surface area contributed by atoms with Gasteiger partial charge < -0.3 is 25.4 Å². The Kier molecular flexibility index (Phi) is 7.51. The zero-order valence-corrected chi connectivity index (χ0v) is 18.9. The van der Waals surface area contributed by atoms with Gasteiger partial charge in [0.25, 0.3) is 11.8 Å². The van der Waals surface area contributed by atoms with Gasteiger partial charge in [0.1, 0.15) is 0 Å². The maximum atomic E-state index is 12.7. The van der Waals surface area contributed by atoms with Gasteiger partial charge in [0, 0.05) is 35.9 Å². The minimum atomic E-state index is -0.640. The lowest BCUT2D eigenvalue weighted by molar-refractivity contribution is -0.119. The van der Waals surface area contributed by atoms with Crippen LogP contribution in [0.5, 0.6) is 11.5 Å². The molecule has 2 amide bonds. The van der Waals surface area contributed by atoms with Crippen molar-refractivity contribution in [1.29, 1.82) is 0 Å². The van der Waals surface area contributed by atoms with E-state index in [0.717, 1.165) is 25.2 Å². The third-order valence-corrected chi connectivity index (χ3v) is 5.72. The van der Waals surface area contributed by atoms with Crippen molar-refractivity contribution in [2.45, 2.75) is 13.3 Å². The van der Waals surface area contributed by atoms with E-state index >= 15 is 0 Å². The Morgan fingerprint density at radius 1 is 1.26 bits per heavy atom. The van der Waals surface area contributed by atoms with Crippen molar-refractivity contribution in [3.8, 4) is 11.5 Å². The molecule has 9 heteroatoms. The average molecular weight is 466 g/mol. The van der Waals surface area contributed by atoms with Crippen molar-refractivity contribution in [1.82, 2.24) is 5.32 Å². The van der Waals surface area contributed by atoms with Crippen molar-refractivity contribution in [2.24, 2.45) is 11.7 Å². The van der Waals surface area contributed by atoms with E-state index in [1.54, 1.807) is 0 Å². The van der Waals surface area contributed by atoms with Crippen molar-refractivity contribution >= 4 is 40.7 Å². The molecular formula is C22H25Cl2N3O4. The molecule has 31 heavy (non-hydrogen) atoms. The Bertz CT molecular complexity index is 983. The molecule has 3 N–H and O–H groups in total. The number of methoxy groups -OCH3 is 1. The fourth-order valence-corrected chi connectivity index (χ4v) is 4.05. The van der Waals surface area contributed by atoms with Crippen LogP contribution in [0.3, 0.4) is 0 Å². The Morgan fingerprint density at radius 3 is 2.74 bits per heavy atom. The molecule has 2 aromatic carbocycles. The summed E-state index contributed by atoms with van der Waals surface area (Å²) in [5, 5.41) is 3.84. The van der Waals surface area contributed by atoms with Crippen LogP contribution in [0.25, 0.3) is 0 Å². The molecule has 166 valence electrons. The van der Waals surface area contributed by atoms with Gasteiger partial charge in [0.2, 0.25) is 0 Å². The number of ether oxygens (including phenoxy) is 2. The molecule has 0 saturated carbocycles. The molecule has 1 saturated heterocycles. The molecule has 0 spiro atoms. The Balaban J connectivity index is 1.61. The number of nitrogens with one attached hydrogen (secondary N) is 1. The Hall–Kier alpha value is -2.64. The molecule has 7 nitrogen and oxygen atoms in total. The number of carbonyl (C=O) groups is 2. The van der Waals surface area contributed by atoms with Crippen LogP contribution in [0.4, 0.5) is 5.69 Å². The second-order valence-corrected chi connectivity index (χ2v) is 8.33. The van der Waals surface area contributed by atoms with E-state index in [1.807, 2.05) is 18.2 Å². The van der Waals surface area contributed by atoms with Crippen LogP contribution < -0.4 is 25.4 Å². The fourth-order valence-electron chi connectivity index (χ4n) is 3.61. The van der Waals surface area contributed by atoms with Crippen LogP contribution in [-0.4, -0.2) is 45.2 Å². The number of aryl methyl sites for hydroxylation is 1. The molecule has 1 heterocycles. The topological polar surface area (TPSA) is 93.9 Å². The summed E-state index contributed by atoms with van der Waals surface area (Å²) in [6.45, 7) is 4.01. The molecule has 1 unspecified atom stereocenters. The third kappa shape index (κ3) is 5.74. The number of carbonyl (C=O) groups excluding carboxylic acids is 2. The smallest absolute Gasteiger partial charge is 0.255 e. The molecule has 0 aromatic heterocycles. The van der Waals surface area contributed by atoms with Crippen molar-refractivity contribution in [2.75, 3.05) is 38.3 Å². The van der Waals surface area contributed by atoms with E-state index in [-0.39, 0.29) is 29.0 Å². The molecule has 0 radical (unpaired) electrons. The van der Waals surface area contributed by atoms with E-state index in [1.165, 1.54) is 24.8 Å². The first-order chi connectivity index (χ1) is 14.8. The van der Waals surface area contributed by atoms with E-state index < -0.39 is 5.91 Å². The van der Waals surface area contributed by atoms with Crippen LogP contribution in [0.2, 0.25) is 10.0 Å².